The molecular weight excluding hydrogens is 350 g/mol. The van der Waals surface area contributed by atoms with Gasteiger partial charge >= 0.3 is 5.97 Å². The summed E-state index contributed by atoms with van der Waals surface area (Å²) in [5.41, 5.74) is 3.54. The highest BCUT2D eigenvalue weighted by molar-refractivity contribution is 5.78. The van der Waals surface area contributed by atoms with Crippen molar-refractivity contribution < 1.29 is 14.3 Å². The van der Waals surface area contributed by atoms with Crippen molar-refractivity contribution in [2.75, 3.05) is 13.7 Å². The summed E-state index contributed by atoms with van der Waals surface area (Å²) in [4.78, 5) is 26.7. The van der Waals surface area contributed by atoms with Gasteiger partial charge in [-0.1, -0.05) is 67.1 Å². The van der Waals surface area contributed by atoms with E-state index in [1.54, 1.807) is 6.92 Å². The zero-order chi connectivity index (χ0) is 20.5. The lowest BCUT2D eigenvalue weighted by atomic mass is 10.0. The Balaban J connectivity index is 2.04. The number of amides is 1. The summed E-state index contributed by atoms with van der Waals surface area (Å²) in [6, 6.07) is 18.2. The number of methoxy groups -OCH3 is 1. The molecule has 1 amide bonds. The van der Waals surface area contributed by atoms with Gasteiger partial charge in [0.25, 0.3) is 0 Å². The monoisotopic (exact) mass is 381 g/mol. The zero-order valence-electron chi connectivity index (χ0n) is 17.4. The molecule has 0 spiro atoms. The Kier molecular flexibility index (Phi) is 8.24. The molecule has 0 aliphatic heterocycles. The molecule has 0 N–H and O–H groups in total. The fraction of sp³-hybridized carbons (Fsp3) is 0.417. The first-order chi connectivity index (χ1) is 13.4. The second-order valence-corrected chi connectivity index (χ2v) is 7.40. The molecule has 2 rings (SSSR count). The highest BCUT2D eigenvalue weighted by Crippen LogP contribution is 2.23. The summed E-state index contributed by atoms with van der Waals surface area (Å²) in [5.74, 6) is -0.589. The quantitative estimate of drug-likeness (QED) is 0.591. The predicted molar refractivity (Wildman–Crippen MR) is 112 cm³/mol. The van der Waals surface area contributed by atoms with Crippen LogP contribution in [0.4, 0.5) is 0 Å². The molecule has 0 aromatic heterocycles. The fourth-order valence-corrected chi connectivity index (χ4v) is 3.30. The van der Waals surface area contributed by atoms with Crippen LogP contribution in [0.3, 0.4) is 0 Å². The van der Waals surface area contributed by atoms with Gasteiger partial charge in [-0.3, -0.25) is 9.59 Å². The molecule has 4 heteroatoms. The second-order valence-electron chi connectivity index (χ2n) is 7.40. The minimum atomic E-state index is -0.364. The Labute approximate surface area is 168 Å². The lowest BCUT2D eigenvalue weighted by Gasteiger charge is -2.31. The van der Waals surface area contributed by atoms with E-state index in [1.807, 2.05) is 42.2 Å². The van der Waals surface area contributed by atoms with Crippen LogP contribution in [0.25, 0.3) is 0 Å². The van der Waals surface area contributed by atoms with Crippen molar-refractivity contribution in [3.05, 3.63) is 71.3 Å². The molecule has 0 heterocycles. The minimum absolute atomic E-state index is 0.0687. The van der Waals surface area contributed by atoms with E-state index < -0.39 is 0 Å². The summed E-state index contributed by atoms with van der Waals surface area (Å²) in [7, 11) is 1.38. The van der Waals surface area contributed by atoms with Gasteiger partial charge in [0.1, 0.15) is 0 Å². The van der Waals surface area contributed by atoms with Crippen LogP contribution in [0.15, 0.2) is 54.6 Å². The van der Waals surface area contributed by atoms with E-state index in [0.29, 0.717) is 13.0 Å². The SMILES string of the molecule is COC(=O)C(C)CN(C(=O)CCCc1ccc(C)cc1)C(C)c1ccccc1. The molecule has 4 nitrogen and oxygen atoms in total. The van der Waals surface area contributed by atoms with Crippen LogP contribution in [-0.2, 0) is 20.7 Å². The van der Waals surface area contributed by atoms with E-state index in [9.17, 15) is 9.59 Å². The number of nitrogens with zero attached hydrogens (tertiary/aromatic N) is 1. The maximum atomic E-state index is 13.0. The first kappa shape index (κ1) is 21.7. The third-order valence-electron chi connectivity index (χ3n) is 5.12. The van der Waals surface area contributed by atoms with Crippen molar-refractivity contribution in [3.8, 4) is 0 Å². The molecule has 150 valence electrons. The Morgan fingerprint density at radius 3 is 2.25 bits per heavy atom. The molecule has 2 atom stereocenters. The first-order valence-corrected chi connectivity index (χ1v) is 9.90. The maximum absolute atomic E-state index is 13.0. The average Bonchev–Trinajstić information content (AvgIpc) is 2.72. The van der Waals surface area contributed by atoms with Gasteiger partial charge in [-0.25, -0.2) is 0 Å². The van der Waals surface area contributed by atoms with Crippen LogP contribution in [0, 0.1) is 12.8 Å². The third kappa shape index (κ3) is 6.22. The Hall–Kier alpha value is -2.62. The van der Waals surface area contributed by atoms with Crippen LogP contribution in [-0.4, -0.2) is 30.4 Å². The van der Waals surface area contributed by atoms with Crippen molar-refractivity contribution in [2.24, 2.45) is 5.92 Å². The summed E-state index contributed by atoms with van der Waals surface area (Å²) in [5, 5.41) is 0. The number of carbonyl (C=O) groups excluding carboxylic acids is 2. The largest absolute Gasteiger partial charge is 0.469 e. The van der Waals surface area contributed by atoms with E-state index >= 15 is 0 Å². The standard InChI is InChI=1S/C24H31NO3/c1-18-13-15-21(16-14-18)9-8-12-23(26)25(17-19(2)24(27)28-4)20(3)22-10-6-5-7-11-22/h5-7,10-11,13-16,19-20H,8-9,12,17H2,1-4H3. The molecule has 0 saturated heterocycles. The van der Waals surface area contributed by atoms with Gasteiger partial charge in [0.15, 0.2) is 0 Å². The maximum Gasteiger partial charge on any atom is 0.310 e. The minimum Gasteiger partial charge on any atom is -0.469 e. The van der Waals surface area contributed by atoms with E-state index in [-0.39, 0.29) is 23.8 Å². The Bertz CT molecular complexity index is 755. The van der Waals surface area contributed by atoms with Gasteiger partial charge in [-0.15, -0.1) is 0 Å². The van der Waals surface area contributed by atoms with Crippen molar-refractivity contribution >= 4 is 11.9 Å². The molecule has 2 unspecified atom stereocenters. The van der Waals surface area contributed by atoms with Crippen molar-refractivity contribution in [1.29, 1.82) is 0 Å². The third-order valence-corrected chi connectivity index (χ3v) is 5.12. The van der Waals surface area contributed by atoms with Gasteiger partial charge in [0, 0.05) is 13.0 Å². The van der Waals surface area contributed by atoms with Gasteiger partial charge in [-0.2, -0.15) is 0 Å². The van der Waals surface area contributed by atoms with Crippen molar-refractivity contribution in [1.82, 2.24) is 4.90 Å². The van der Waals surface area contributed by atoms with Crippen LogP contribution < -0.4 is 0 Å². The predicted octanol–water partition coefficient (Wildman–Crippen LogP) is 4.72. The number of aryl methyl sites for hydroxylation is 2. The van der Waals surface area contributed by atoms with Crippen LogP contribution >= 0.6 is 0 Å². The molecule has 2 aromatic carbocycles. The normalized spacial score (nSPS) is 12.9. The van der Waals surface area contributed by atoms with Crippen molar-refractivity contribution in [3.63, 3.8) is 0 Å². The lowest BCUT2D eigenvalue weighted by molar-refractivity contribution is -0.147. The highest BCUT2D eigenvalue weighted by atomic mass is 16.5. The number of hydrogen-bond acceptors (Lipinski definition) is 3. The number of ether oxygens (including phenoxy) is 1. The molecule has 0 saturated carbocycles. The molecule has 0 aliphatic carbocycles. The Morgan fingerprint density at radius 1 is 1.00 bits per heavy atom. The molecule has 0 bridgehead atoms. The van der Waals surface area contributed by atoms with E-state index in [1.165, 1.54) is 18.2 Å². The van der Waals surface area contributed by atoms with Crippen LogP contribution in [0.5, 0.6) is 0 Å². The number of carbonyl (C=O) groups is 2. The first-order valence-electron chi connectivity index (χ1n) is 9.90. The molecular formula is C24H31NO3. The number of rotatable bonds is 9. The summed E-state index contributed by atoms with van der Waals surface area (Å²) >= 11 is 0. The van der Waals surface area contributed by atoms with Gasteiger partial charge < -0.3 is 9.64 Å². The molecule has 0 fully saturated rings. The smallest absolute Gasteiger partial charge is 0.310 e. The number of esters is 1. The second kappa shape index (κ2) is 10.6. The number of hydrogen-bond donors (Lipinski definition) is 0. The molecule has 0 radical (unpaired) electrons. The zero-order valence-corrected chi connectivity index (χ0v) is 17.4. The molecule has 0 aliphatic rings. The van der Waals surface area contributed by atoms with E-state index in [4.69, 9.17) is 4.74 Å². The lowest BCUT2D eigenvalue weighted by Crippen LogP contribution is -2.39. The Morgan fingerprint density at radius 2 is 1.64 bits per heavy atom. The highest BCUT2D eigenvalue weighted by Gasteiger charge is 2.26. The van der Waals surface area contributed by atoms with Crippen LogP contribution in [0.2, 0.25) is 0 Å². The average molecular weight is 382 g/mol. The molecule has 28 heavy (non-hydrogen) atoms. The molecule has 2 aromatic rings. The van der Waals surface area contributed by atoms with Gasteiger partial charge in [0.2, 0.25) is 5.91 Å². The van der Waals surface area contributed by atoms with Crippen LogP contribution in [0.1, 0.15) is 49.4 Å². The number of benzene rings is 2. The van der Waals surface area contributed by atoms with E-state index in [0.717, 1.165) is 18.4 Å². The van der Waals surface area contributed by atoms with Gasteiger partial charge in [0.05, 0.1) is 19.1 Å². The fourth-order valence-electron chi connectivity index (χ4n) is 3.30. The summed E-state index contributed by atoms with van der Waals surface area (Å²) in [6.45, 7) is 6.23. The van der Waals surface area contributed by atoms with Gasteiger partial charge in [-0.05, 0) is 37.8 Å². The topological polar surface area (TPSA) is 46.6 Å². The van der Waals surface area contributed by atoms with Crippen molar-refractivity contribution in [2.45, 2.75) is 46.1 Å². The summed E-state index contributed by atoms with van der Waals surface area (Å²) < 4.78 is 4.85. The van der Waals surface area contributed by atoms with E-state index in [2.05, 4.69) is 31.2 Å². The summed E-state index contributed by atoms with van der Waals surface area (Å²) in [6.07, 6.45) is 2.11.